The monoisotopic (exact) mass is 350 g/mol. The Balaban J connectivity index is 2.16. The van der Waals surface area contributed by atoms with Crippen molar-refractivity contribution < 1.29 is 8.30 Å². The SMILES string of the molecule is O=c1cc(-c2ccc(SF)cc2)oc2ccc(Br)cc12. The van der Waals surface area contributed by atoms with E-state index in [-0.39, 0.29) is 17.6 Å². The van der Waals surface area contributed by atoms with Crippen LogP contribution in [0, 0.1) is 0 Å². The highest BCUT2D eigenvalue weighted by Crippen LogP contribution is 2.26. The summed E-state index contributed by atoms with van der Waals surface area (Å²) in [7, 11) is 0. The zero-order valence-electron chi connectivity index (χ0n) is 10.1. The van der Waals surface area contributed by atoms with Crippen molar-refractivity contribution >= 4 is 39.0 Å². The Morgan fingerprint density at radius 1 is 1.05 bits per heavy atom. The van der Waals surface area contributed by atoms with E-state index in [0.717, 1.165) is 10.0 Å². The standard InChI is InChI=1S/C15H8BrFO2S/c16-10-3-6-14-12(7-10)13(18)8-15(19-14)9-1-4-11(20-17)5-2-9/h1-8H. The quantitative estimate of drug-likeness (QED) is 0.636. The highest BCUT2D eigenvalue weighted by atomic mass is 79.9. The molecule has 0 saturated carbocycles. The lowest BCUT2D eigenvalue weighted by molar-refractivity contribution is 0.619. The first-order valence-electron chi connectivity index (χ1n) is 5.80. The normalized spacial score (nSPS) is 10.9. The van der Waals surface area contributed by atoms with E-state index in [1.165, 1.54) is 6.07 Å². The van der Waals surface area contributed by atoms with Crippen molar-refractivity contribution in [2.75, 3.05) is 0 Å². The van der Waals surface area contributed by atoms with Gasteiger partial charge in [0, 0.05) is 21.0 Å². The van der Waals surface area contributed by atoms with E-state index in [9.17, 15) is 8.68 Å². The highest BCUT2D eigenvalue weighted by Gasteiger charge is 2.07. The summed E-state index contributed by atoms with van der Waals surface area (Å²) in [6.45, 7) is 0. The van der Waals surface area contributed by atoms with E-state index >= 15 is 0 Å². The van der Waals surface area contributed by atoms with Crippen LogP contribution in [0.2, 0.25) is 0 Å². The summed E-state index contributed by atoms with van der Waals surface area (Å²) < 4.78 is 19.0. The summed E-state index contributed by atoms with van der Waals surface area (Å²) in [5.41, 5.74) is 1.16. The topological polar surface area (TPSA) is 30.2 Å². The van der Waals surface area contributed by atoms with Gasteiger partial charge < -0.3 is 4.42 Å². The average Bonchev–Trinajstić information content (AvgIpc) is 2.48. The molecule has 100 valence electrons. The fourth-order valence-electron chi connectivity index (χ4n) is 1.94. The first-order valence-corrected chi connectivity index (χ1v) is 7.31. The average molecular weight is 351 g/mol. The minimum atomic E-state index is -0.105. The van der Waals surface area contributed by atoms with Crippen LogP contribution >= 0.6 is 28.1 Å². The molecular formula is C15H8BrFO2S. The van der Waals surface area contributed by atoms with Gasteiger partial charge in [-0.05, 0) is 30.3 Å². The third kappa shape index (κ3) is 2.51. The summed E-state index contributed by atoms with van der Waals surface area (Å²) >= 11 is 3.51. The Bertz CT molecular complexity index is 827. The van der Waals surface area contributed by atoms with Crippen LogP contribution in [-0.4, -0.2) is 0 Å². The summed E-state index contributed by atoms with van der Waals surface area (Å²) in [4.78, 5) is 12.6. The van der Waals surface area contributed by atoms with Crippen LogP contribution in [0.4, 0.5) is 3.89 Å². The molecule has 0 unspecified atom stereocenters. The van der Waals surface area contributed by atoms with Crippen molar-refractivity contribution in [2.45, 2.75) is 4.90 Å². The number of hydrogen-bond acceptors (Lipinski definition) is 3. The fourth-order valence-corrected chi connectivity index (χ4v) is 2.54. The maximum Gasteiger partial charge on any atom is 0.193 e. The third-order valence-electron chi connectivity index (χ3n) is 2.92. The molecule has 0 bridgehead atoms. The van der Waals surface area contributed by atoms with Gasteiger partial charge in [0.2, 0.25) is 0 Å². The van der Waals surface area contributed by atoms with E-state index < -0.39 is 0 Å². The van der Waals surface area contributed by atoms with Gasteiger partial charge in [-0.3, -0.25) is 4.79 Å². The highest BCUT2D eigenvalue weighted by molar-refractivity contribution is 9.10. The zero-order chi connectivity index (χ0) is 14.1. The minimum absolute atomic E-state index is 0.105. The second-order valence-corrected chi connectivity index (χ2v) is 5.76. The number of hydrogen-bond donors (Lipinski definition) is 0. The Morgan fingerprint density at radius 2 is 1.80 bits per heavy atom. The van der Waals surface area contributed by atoms with Gasteiger partial charge in [0.05, 0.1) is 17.5 Å². The molecule has 0 fully saturated rings. The Hall–Kier alpha value is -1.59. The molecule has 1 heterocycles. The van der Waals surface area contributed by atoms with Gasteiger partial charge >= 0.3 is 0 Å². The number of fused-ring (bicyclic) bond motifs is 1. The van der Waals surface area contributed by atoms with Gasteiger partial charge in [-0.25, -0.2) is 0 Å². The summed E-state index contributed by atoms with van der Waals surface area (Å²) in [5, 5.41) is 0.527. The van der Waals surface area contributed by atoms with E-state index in [2.05, 4.69) is 15.9 Å². The molecule has 2 nitrogen and oxygen atoms in total. The molecule has 0 atom stereocenters. The van der Waals surface area contributed by atoms with Crippen LogP contribution in [0.3, 0.4) is 0 Å². The third-order valence-corrected chi connectivity index (χ3v) is 3.86. The Morgan fingerprint density at radius 3 is 2.50 bits per heavy atom. The summed E-state index contributed by atoms with van der Waals surface area (Å²) in [6, 6.07) is 13.5. The van der Waals surface area contributed by atoms with Gasteiger partial charge in [0.15, 0.2) is 5.43 Å². The van der Waals surface area contributed by atoms with Crippen LogP contribution in [0.5, 0.6) is 0 Å². The Kier molecular flexibility index (Phi) is 3.63. The van der Waals surface area contributed by atoms with Crippen molar-refractivity contribution in [3.63, 3.8) is 0 Å². The number of halogens is 2. The molecule has 2 aromatic carbocycles. The van der Waals surface area contributed by atoms with Crippen LogP contribution in [0.15, 0.2) is 67.1 Å². The second-order valence-electron chi connectivity index (χ2n) is 4.22. The van der Waals surface area contributed by atoms with Crippen molar-refractivity contribution in [1.82, 2.24) is 0 Å². The Labute approximate surface area is 127 Å². The molecule has 1 aromatic heterocycles. The second kappa shape index (κ2) is 5.42. The van der Waals surface area contributed by atoms with Gasteiger partial charge in [-0.1, -0.05) is 28.1 Å². The maximum absolute atomic E-state index is 12.4. The van der Waals surface area contributed by atoms with Gasteiger partial charge in [-0.15, -0.1) is 0 Å². The van der Waals surface area contributed by atoms with Gasteiger partial charge in [-0.2, -0.15) is 3.89 Å². The van der Waals surface area contributed by atoms with E-state index in [0.29, 0.717) is 21.6 Å². The number of benzene rings is 2. The van der Waals surface area contributed by atoms with E-state index in [1.807, 2.05) is 6.07 Å². The lowest BCUT2D eigenvalue weighted by atomic mass is 10.1. The molecule has 3 aromatic rings. The molecule has 0 N–H and O–H groups in total. The van der Waals surface area contributed by atoms with Gasteiger partial charge in [0.1, 0.15) is 11.3 Å². The molecular weight excluding hydrogens is 343 g/mol. The molecule has 5 heteroatoms. The minimum Gasteiger partial charge on any atom is -0.456 e. The predicted molar refractivity (Wildman–Crippen MR) is 82.6 cm³/mol. The van der Waals surface area contributed by atoms with Crippen molar-refractivity contribution in [3.05, 3.63) is 63.2 Å². The summed E-state index contributed by atoms with van der Waals surface area (Å²) in [5.74, 6) is 0.472. The largest absolute Gasteiger partial charge is 0.456 e. The molecule has 0 aliphatic rings. The maximum atomic E-state index is 12.4. The summed E-state index contributed by atoms with van der Waals surface area (Å²) in [6.07, 6.45) is 0. The van der Waals surface area contributed by atoms with E-state index in [1.54, 1.807) is 36.4 Å². The van der Waals surface area contributed by atoms with Crippen LogP contribution in [-0.2, 0) is 0 Å². The van der Waals surface area contributed by atoms with Crippen LogP contribution in [0.25, 0.3) is 22.3 Å². The first-order chi connectivity index (χ1) is 9.67. The predicted octanol–water partition coefficient (Wildman–Crippen LogP) is 5.20. The molecule has 0 aliphatic heterocycles. The van der Waals surface area contributed by atoms with Crippen LogP contribution < -0.4 is 5.43 Å². The fraction of sp³-hybridized carbons (Fsp3) is 0. The molecule has 0 saturated heterocycles. The lowest BCUT2D eigenvalue weighted by Crippen LogP contribution is -2.00. The lowest BCUT2D eigenvalue weighted by Gasteiger charge is -2.04. The molecule has 20 heavy (non-hydrogen) atoms. The van der Waals surface area contributed by atoms with Crippen molar-refractivity contribution in [2.24, 2.45) is 0 Å². The number of rotatable bonds is 2. The molecule has 0 spiro atoms. The van der Waals surface area contributed by atoms with Crippen LogP contribution in [0.1, 0.15) is 0 Å². The molecule has 3 rings (SSSR count). The smallest absolute Gasteiger partial charge is 0.193 e. The van der Waals surface area contributed by atoms with E-state index in [4.69, 9.17) is 4.42 Å². The van der Waals surface area contributed by atoms with Crippen molar-refractivity contribution in [1.29, 1.82) is 0 Å². The zero-order valence-corrected chi connectivity index (χ0v) is 12.5. The first kappa shape index (κ1) is 13.4. The van der Waals surface area contributed by atoms with Gasteiger partial charge in [0.25, 0.3) is 0 Å². The molecule has 0 aliphatic carbocycles. The molecule has 0 radical (unpaired) electrons. The van der Waals surface area contributed by atoms with Crippen molar-refractivity contribution in [3.8, 4) is 11.3 Å². The molecule has 0 amide bonds.